The summed E-state index contributed by atoms with van der Waals surface area (Å²) >= 11 is 0. The largest absolute Gasteiger partial charge is 0.508 e. The molecule has 0 atom stereocenters. The minimum atomic E-state index is -0.624. The Kier molecular flexibility index (Phi) is 5.67. The molecule has 0 unspecified atom stereocenters. The highest BCUT2D eigenvalue weighted by molar-refractivity contribution is 5.97. The van der Waals surface area contributed by atoms with Crippen molar-refractivity contribution >= 4 is 12.1 Å². The minimum absolute atomic E-state index is 0.0140. The molecule has 2 rings (SSSR count). The summed E-state index contributed by atoms with van der Waals surface area (Å²) in [5, 5.41) is 22.7. The highest BCUT2D eigenvalue weighted by Crippen LogP contribution is 2.37. The van der Waals surface area contributed by atoms with Crippen molar-refractivity contribution in [2.75, 3.05) is 21.3 Å². The van der Waals surface area contributed by atoms with E-state index in [1.54, 1.807) is 12.1 Å². The number of phenols is 2. The van der Waals surface area contributed by atoms with Gasteiger partial charge in [-0.3, -0.25) is 4.79 Å². The Morgan fingerprint density at radius 2 is 1.68 bits per heavy atom. The molecule has 8 heteroatoms. The van der Waals surface area contributed by atoms with Crippen LogP contribution in [0.3, 0.4) is 0 Å². The van der Waals surface area contributed by atoms with Crippen molar-refractivity contribution in [3.63, 3.8) is 0 Å². The van der Waals surface area contributed by atoms with Crippen LogP contribution in [0.5, 0.6) is 28.7 Å². The molecule has 0 spiro atoms. The molecule has 132 valence electrons. The number of phenolic OH excluding ortho intramolecular Hbond substituents is 2. The third kappa shape index (κ3) is 4.11. The van der Waals surface area contributed by atoms with Crippen LogP contribution in [0.1, 0.15) is 15.9 Å². The molecule has 8 nitrogen and oxygen atoms in total. The number of carbonyl (C=O) groups is 1. The Balaban J connectivity index is 2.17. The zero-order valence-electron chi connectivity index (χ0n) is 13.9. The first-order valence-corrected chi connectivity index (χ1v) is 7.15. The van der Waals surface area contributed by atoms with E-state index in [4.69, 9.17) is 14.2 Å². The summed E-state index contributed by atoms with van der Waals surface area (Å²) in [6.45, 7) is 0. The molecule has 0 heterocycles. The molecule has 25 heavy (non-hydrogen) atoms. The van der Waals surface area contributed by atoms with Crippen molar-refractivity contribution < 1.29 is 29.2 Å². The van der Waals surface area contributed by atoms with Gasteiger partial charge in [0.2, 0.25) is 5.75 Å². The number of nitrogens with zero attached hydrogens (tertiary/aromatic N) is 1. The van der Waals surface area contributed by atoms with E-state index in [1.165, 1.54) is 39.7 Å². The fraction of sp³-hybridized carbons (Fsp3) is 0.176. The molecule has 0 saturated heterocycles. The van der Waals surface area contributed by atoms with Gasteiger partial charge in [-0.25, -0.2) is 5.43 Å². The van der Waals surface area contributed by atoms with Crippen molar-refractivity contribution in [2.45, 2.75) is 0 Å². The molecular weight excluding hydrogens is 328 g/mol. The molecule has 3 N–H and O–H groups in total. The number of hydrazone groups is 1. The van der Waals surface area contributed by atoms with Crippen molar-refractivity contribution in [1.82, 2.24) is 5.43 Å². The number of ether oxygens (including phenoxy) is 3. The molecule has 0 aromatic heterocycles. The number of hydrogen-bond acceptors (Lipinski definition) is 7. The average molecular weight is 346 g/mol. The topological polar surface area (TPSA) is 110 Å². The number of nitrogens with one attached hydrogen (secondary N) is 1. The molecule has 0 bridgehead atoms. The van der Waals surface area contributed by atoms with Crippen molar-refractivity contribution in [3.05, 3.63) is 41.5 Å². The summed E-state index contributed by atoms with van der Waals surface area (Å²) in [4.78, 5) is 12.0. The second kappa shape index (κ2) is 7.91. The SMILES string of the molecule is COc1cc(C=NNC(=O)c2ccc(O)cc2O)cc(OC)c1OC. The third-order valence-electron chi connectivity index (χ3n) is 3.29. The van der Waals surface area contributed by atoms with Crippen LogP contribution in [-0.2, 0) is 0 Å². The van der Waals surface area contributed by atoms with Crippen LogP contribution in [0.4, 0.5) is 0 Å². The molecule has 0 radical (unpaired) electrons. The van der Waals surface area contributed by atoms with E-state index in [0.29, 0.717) is 22.8 Å². The fourth-order valence-electron chi connectivity index (χ4n) is 2.11. The van der Waals surface area contributed by atoms with Crippen molar-refractivity contribution in [3.8, 4) is 28.7 Å². The van der Waals surface area contributed by atoms with Crippen LogP contribution in [0.2, 0.25) is 0 Å². The van der Waals surface area contributed by atoms with Crippen LogP contribution in [0.25, 0.3) is 0 Å². The Hall–Kier alpha value is -3.42. The summed E-state index contributed by atoms with van der Waals surface area (Å²) in [6, 6.07) is 6.97. The Bertz CT molecular complexity index is 779. The van der Waals surface area contributed by atoms with E-state index >= 15 is 0 Å². The lowest BCUT2D eigenvalue weighted by atomic mass is 10.2. The smallest absolute Gasteiger partial charge is 0.275 e. The average Bonchev–Trinajstić information content (AvgIpc) is 2.60. The number of carbonyl (C=O) groups excluding carboxylic acids is 1. The molecule has 0 fully saturated rings. The van der Waals surface area contributed by atoms with Gasteiger partial charge in [0.1, 0.15) is 11.5 Å². The Morgan fingerprint density at radius 3 is 2.20 bits per heavy atom. The lowest BCUT2D eigenvalue weighted by molar-refractivity contribution is 0.0952. The Morgan fingerprint density at radius 1 is 1.04 bits per heavy atom. The minimum Gasteiger partial charge on any atom is -0.508 e. The van der Waals surface area contributed by atoms with Gasteiger partial charge in [0.15, 0.2) is 11.5 Å². The molecule has 2 aromatic carbocycles. The van der Waals surface area contributed by atoms with E-state index in [1.807, 2.05) is 0 Å². The number of rotatable bonds is 6. The van der Waals surface area contributed by atoms with E-state index in [2.05, 4.69) is 10.5 Å². The van der Waals surface area contributed by atoms with Gasteiger partial charge in [-0.1, -0.05) is 0 Å². The van der Waals surface area contributed by atoms with Crippen molar-refractivity contribution in [2.24, 2.45) is 5.10 Å². The molecule has 0 aliphatic rings. The van der Waals surface area contributed by atoms with Crippen LogP contribution >= 0.6 is 0 Å². The summed E-state index contributed by atoms with van der Waals surface area (Å²) in [5.41, 5.74) is 2.87. The number of benzene rings is 2. The molecule has 0 aliphatic carbocycles. The van der Waals surface area contributed by atoms with Crippen LogP contribution in [0.15, 0.2) is 35.4 Å². The van der Waals surface area contributed by atoms with Gasteiger partial charge in [-0.15, -0.1) is 0 Å². The van der Waals surface area contributed by atoms with Crippen LogP contribution in [0, 0.1) is 0 Å². The second-order valence-electron chi connectivity index (χ2n) is 4.86. The maximum Gasteiger partial charge on any atom is 0.275 e. The monoisotopic (exact) mass is 346 g/mol. The normalized spacial score (nSPS) is 10.5. The van der Waals surface area contributed by atoms with E-state index < -0.39 is 5.91 Å². The highest BCUT2D eigenvalue weighted by atomic mass is 16.5. The van der Waals surface area contributed by atoms with E-state index in [-0.39, 0.29) is 17.1 Å². The summed E-state index contributed by atoms with van der Waals surface area (Å²) in [5.74, 6) is 0.230. The van der Waals surface area contributed by atoms with Gasteiger partial charge < -0.3 is 24.4 Å². The summed E-state index contributed by atoms with van der Waals surface area (Å²) in [7, 11) is 4.49. The maximum absolute atomic E-state index is 12.0. The molecule has 0 saturated carbocycles. The molecule has 0 aliphatic heterocycles. The van der Waals surface area contributed by atoms with E-state index in [9.17, 15) is 15.0 Å². The number of hydrogen-bond donors (Lipinski definition) is 3. The second-order valence-corrected chi connectivity index (χ2v) is 4.86. The standard InChI is InChI=1S/C17H18N2O6/c1-23-14-6-10(7-15(24-2)16(14)25-3)9-18-19-17(22)12-5-4-11(20)8-13(12)21/h4-9,20-21H,1-3H3,(H,19,22). The first-order chi connectivity index (χ1) is 12.0. The zero-order chi connectivity index (χ0) is 18.4. The van der Waals surface area contributed by atoms with Crippen molar-refractivity contribution in [1.29, 1.82) is 0 Å². The van der Waals surface area contributed by atoms with Gasteiger partial charge in [0.25, 0.3) is 5.91 Å². The van der Waals surface area contributed by atoms with Crippen LogP contribution < -0.4 is 19.6 Å². The predicted molar refractivity (Wildman–Crippen MR) is 90.9 cm³/mol. The zero-order valence-corrected chi connectivity index (χ0v) is 13.9. The maximum atomic E-state index is 12.0. The molecule has 2 aromatic rings. The molecular formula is C17H18N2O6. The first kappa shape index (κ1) is 17.9. The fourth-order valence-corrected chi connectivity index (χ4v) is 2.11. The number of aromatic hydroxyl groups is 2. The quantitative estimate of drug-likeness (QED) is 0.544. The number of methoxy groups -OCH3 is 3. The van der Waals surface area contributed by atoms with Gasteiger partial charge in [-0.05, 0) is 24.3 Å². The Labute approximate surface area is 144 Å². The molecule has 1 amide bonds. The first-order valence-electron chi connectivity index (χ1n) is 7.15. The van der Waals surface area contributed by atoms with Gasteiger partial charge in [0.05, 0.1) is 33.1 Å². The highest BCUT2D eigenvalue weighted by Gasteiger charge is 2.13. The van der Waals surface area contributed by atoms with Gasteiger partial charge >= 0.3 is 0 Å². The van der Waals surface area contributed by atoms with E-state index in [0.717, 1.165) is 6.07 Å². The van der Waals surface area contributed by atoms with Gasteiger partial charge in [-0.2, -0.15) is 5.10 Å². The number of amides is 1. The van der Waals surface area contributed by atoms with Gasteiger partial charge in [0, 0.05) is 11.6 Å². The third-order valence-corrected chi connectivity index (χ3v) is 3.29. The lowest BCUT2D eigenvalue weighted by Gasteiger charge is -2.12. The summed E-state index contributed by atoms with van der Waals surface area (Å²) in [6.07, 6.45) is 1.39. The van der Waals surface area contributed by atoms with Crippen LogP contribution in [-0.4, -0.2) is 43.7 Å². The lowest BCUT2D eigenvalue weighted by Crippen LogP contribution is -2.17. The predicted octanol–water partition coefficient (Wildman–Crippen LogP) is 1.89. The summed E-state index contributed by atoms with van der Waals surface area (Å²) < 4.78 is 15.7.